The van der Waals surface area contributed by atoms with Crippen molar-refractivity contribution in [3.05, 3.63) is 47.5 Å². The van der Waals surface area contributed by atoms with E-state index in [0.717, 1.165) is 38.3 Å². The van der Waals surface area contributed by atoms with Gasteiger partial charge >= 0.3 is 6.09 Å². The number of anilines is 3. The molecule has 3 rings (SSSR count). The van der Waals surface area contributed by atoms with Gasteiger partial charge in [-0.25, -0.2) is 4.79 Å². The molecule has 2 aromatic rings. The molecule has 2 aromatic carbocycles. The number of carbonyl (C=O) groups is 1. The second kappa shape index (κ2) is 9.54. The largest absolute Gasteiger partial charge is 0.492 e. The first-order valence-corrected chi connectivity index (χ1v) is 10.2. The van der Waals surface area contributed by atoms with Gasteiger partial charge in [0.05, 0.1) is 25.1 Å². The minimum atomic E-state index is -0.456. The smallest absolute Gasteiger partial charge is 0.411 e. The van der Waals surface area contributed by atoms with Gasteiger partial charge in [-0.2, -0.15) is 0 Å². The van der Waals surface area contributed by atoms with Gasteiger partial charge in [-0.1, -0.05) is 25.1 Å². The summed E-state index contributed by atoms with van der Waals surface area (Å²) in [5.41, 5.74) is 5.51. The number of rotatable bonds is 6. The number of benzene rings is 2. The lowest BCUT2D eigenvalue weighted by molar-refractivity contribution is 0.161. The highest BCUT2D eigenvalue weighted by Gasteiger charge is 2.22. The predicted octanol–water partition coefficient (Wildman–Crippen LogP) is 4.60. The molecule has 0 unspecified atom stereocenters. The molecule has 1 aliphatic rings. The molecule has 1 aliphatic heterocycles. The summed E-state index contributed by atoms with van der Waals surface area (Å²) in [6, 6.07) is 12.4. The average molecular weight is 398 g/mol. The van der Waals surface area contributed by atoms with Crippen LogP contribution in [0.5, 0.6) is 5.75 Å². The molecule has 0 atom stereocenters. The van der Waals surface area contributed by atoms with Crippen molar-refractivity contribution in [1.82, 2.24) is 0 Å². The van der Waals surface area contributed by atoms with Crippen LogP contribution in [0.3, 0.4) is 0 Å². The third kappa shape index (κ3) is 4.94. The number of para-hydroxylation sites is 1. The van der Waals surface area contributed by atoms with Gasteiger partial charge in [0.25, 0.3) is 0 Å². The molecule has 0 aromatic heterocycles. The third-order valence-corrected chi connectivity index (χ3v) is 5.20. The summed E-state index contributed by atoms with van der Waals surface area (Å²) in [6.07, 6.45) is 0.331. The quantitative estimate of drug-likeness (QED) is 0.772. The topological polar surface area (TPSA) is 54.0 Å². The van der Waals surface area contributed by atoms with Gasteiger partial charge in [-0.05, 0) is 49.6 Å². The van der Waals surface area contributed by atoms with E-state index in [-0.39, 0.29) is 0 Å². The number of piperazine rings is 1. The number of carbonyl (C=O) groups excluding carboxylic acids is 1. The van der Waals surface area contributed by atoms with E-state index in [1.54, 1.807) is 7.11 Å². The molecule has 156 valence electrons. The number of methoxy groups -OCH3 is 1. The molecule has 6 heteroatoms. The van der Waals surface area contributed by atoms with Crippen molar-refractivity contribution in [2.45, 2.75) is 27.2 Å². The first-order chi connectivity index (χ1) is 14.0. The Labute approximate surface area is 173 Å². The van der Waals surface area contributed by atoms with Crippen molar-refractivity contribution in [3.63, 3.8) is 0 Å². The van der Waals surface area contributed by atoms with Crippen molar-refractivity contribution < 1.29 is 14.3 Å². The Morgan fingerprint density at radius 3 is 2.38 bits per heavy atom. The Balaban J connectivity index is 1.72. The number of hydrogen-bond acceptors (Lipinski definition) is 5. The molecule has 1 N–H and O–H groups in total. The maximum atomic E-state index is 12.0. The van der Waals surface area contributed by atoms with E-state index in [1.807, 2.05) is 25.1 Å². The van der Waals surface area contributed by atoms with Crippen LogP contribution in [0.4, 0.5) is 21.9 Å². The van der Waals surface area contributed by atoms with E-state index in [4.69, 9.17) is 9.47 Å². The van der Waals surface area contributed by atoms with Crippen molar-refractivity contribution in [2.24, 2.45) is 0 Å². The predicted molar refractivity (Wildman–Crippen MR) is 119 cm³/mol. The second-order valence-electron chi connectivity index (χ2n) is 7.38. The zero-order chi connectivity index (χ0) is 20.8. The summed E-state index contributed by atoms with van der Waals surface area (Å²) >= 11 is 0. The summed E-state index contributed by atoms with van der Waals surface area (Å²) in [7, 11) is 1.63. The lowest BCUT2D eigenvalue weighted by Gasteiger charge is -2.38. The van der Waals surface area contributed by atoms with E-state index in [1.165, 1.54) is 16.8 Å². The molecule has 0 spiro atoms. The molecule has 0 bridgehead atoms. The van der Waals surface area contributed by atoms with Crippen LogP contribution in [-0.4, -0.2) is 46.0 Å². The van der Waals surface area contributed by atoms with Crippen molar-refractivity contribution in [1.29, 1.82) is 0 Å². The lowest BCUT2D eigenvalue weighted by Crippen LogP contribution is -2.46. The van der Waals surface area contributed by atoms with E-state index in [9.17, 15) is 4.79 Å². The van der Waals surface area contributed by atoms with Crippen LogP contribution < -0.4 is 19.9 Å². The van der Waals surface area contributed by atoms with Crippen LogP contribution in [0.2, 0.25) is 0 Å². The van der Waals surface area contributed by atoms with Crippen molar-refractivity contribution in [3.8, 4) is 5.75 Å². The maximum absolute atomic E-state index is 12.0. The molecular formula is C23H31N3O3. The van der Waals surface area contributed by atoms with E-state index < -0.39 is 6.09 Å². The minimum absolute atomic E-state index is 0.397. The zero-order valence-corrected chi connectivity index (χ0v) is 17.8. The van der Waals surface area contributed by atoms with Crippen LogP contribution in [-0.2, 0) is 4.74 Å². The second-order valence-corrected chi connectivity index (χ2v) is 7.38. The summed E-state index contributed by atoms with van der Waals surface area (Å²) < 4.78 is 10.8. The SMILES string of the molecule is CCCOC(=O)Nc1cccc(N2CCN(c3cc(C)ccc3C)CC2)c1OC. The highest BCUT2D eigenvalue weighted by Crippen LogP contribution is 2.36. The summed E-state index contributed by atoms with van der Waals surface area (Å²) in [5.74, 6) is 0.668. The fourth-order valence-corrected chi connectivity index (χ4v) is 3.68. The highest BCUT2D eigenvalue weighted by atomic mass is 16.5. The van der Waals surface area contributed by atoms with Crippen LogP contribution >= 0.6 is 0 Å². The molecule has 0 radical (unpaired) electrons. The van der Waals surface area contributed by atoms with Crippen LogP contribution in [0, 0.1) is 13.8 Å². The average Bonchev–Trinajstić information content (AvgIpc) is 2.74. The van der Waals surface area contributed by atoms with E-state index in [2.05, 4.69) is 47.2 Å². The van der Waals surface area contributed by atoms with Crippen LogP contribution in [0.25, 0.3) is 0 Å². The number of nitrogens with one attached hydrogen (secondary N) is 1. The number of nitrogens with zero attached hydrogens (tertiary/aromatic N) is 2. The number of aryl methyl sites for hydroxylation is 2. The molecule has 1 heterocycles. The van der Waals surface area contributed by atoms with Crippen molar-refractivity contribution in [2.75, 3.05) is 55.0 Å². The maximum Gasteiger partial charge on any atom is 0.411 e. The first-order valence-electron chi connectivity index (χ1n) is 10.2. The monoisotopic (exact) mass is 397 g/mol. The van der Waals surface area contributed by atoms with E-state index in [0.29, 0.717) is 18.0 Å². The molecule has 0 saturated carbocycles. The summed E-state index contributed by atoms with van der Waals surface area (Å²) in [6.45, 7) is 10.3. The Kier molecular flexibility index (Phi) is 6.86. The fraction of sp³-hybridized carbons (Fsp3) is 0.435. The normalized spacial score (nSPS) is 13.9. The Morgan fingerprint density at radius 1 is 1.03 bits per heavy atom. The van der Waals surface area contributed by atoms with Crippen LogP contribution in [0.1, 0.15) is 24.5 Å². The number of hydrogen-bond donors (Lipinski definition) is 1. The first kappa shape index (κ1) is 20.8. The van der Waals surface area contributed by atoms with Crippen molar-refractivity contribution >= 4 is 23.2 Å². The van der Waals surface area contributed by atoms with Gasteiger partial charge in [0, 0.05) is 31.9 Å². The van der Waals surface area contributed by atoms with Crippen LogP contribution in [0.15, 0.2) is 36.4 Å². The van der Waals surface area contributed by atoms with Gasteiger partial charge in [-0.15, -0.1) is 0 Å². The Morgan fingerprint density at radius 2 is 1.72 bits per heavy atom. The molecule has 0 aliphatic carbocycles. The molecular weight excluding hydrogens is 366 g/mol. The summed E-state index contributed by atoms with van der Waals surface area (Å²) in [5, 5.41) is 2.80. The van der Waals surface area contributed by atoms with Gasteiger partial charge in [0.15, 0.2) is 5.75 Å². The minimum Gasteiger partial charge on any atom is -0.492 e. The standard InChI is InChI=1S/C23H31N3O3/c1-5-15-29-23(27)24-19-7-6-8-20(22(19)28-4)25-11-13-26(14-12-25)21-16-17(2)9-10-18(21)3/h6-10,16H,5,11-15H2,1-4H3,(H,24,27). The van der Waals surface area contributed by atoms with Gasteiger partial charge in [0.1, 0.15) is 0 Å². The molecule has 1 fully saturated rings. The van der Waals surface area contributed by atoms with Gasteiger partial charge in [-0.3, -0.25) is 5.32 Å². The molecule has 29 heavy (non-hydrogen) atoms. The molecule has 6 nitrogen and oxygen atoms in total. The molecule has 1 amide bonds. The fourth-order valence-electron chi connectivity index (χ4n) is 3.68. The van der Waals surface area contributed by atoms with Gasteiger partial charge in [0.2, 0.25) is 0 Å². The molecule has 1 saturated heterocycles. The van der Waals surface area contributed by atoms with Gasteiger partial charge < -0.3 is 19.3 Å². The highest BCUT2D eigenvalue weighted by molar-refractivity contribution is 5.89. The van der Waals surface area contributed by atoms with E-state index >= 15 is 0 Å². The number of amides is 1. The Hall–Kier alpha value is -2.89. The zero-order valence-electron chi connectivity index (χ0n) is 17.8. The number of ether oxygens (including phenoxy) is 2. The summed E-state index contributed by atoms with van der Waals surface area (Å²) in [4.78, 5) is 16.7. The lowest BCUT2D eigenvalue weighted by atomic mass is 10.1. The Bertz CT molecular complexity index is 845. The third-order valence-electron chi connectivity index (χ3n) is 5.20.